The minimum absolute atomic E-state index is 0.253. The molecule has 1 rings (SSSR count). The van der Waals surface area contributed by atoms with Gasteiger partial charge in [-0.15, -0.1) is 0 Å². The molecule has 0 spiro atoms. The lowest BCUT2D eigenvalue weighted by Gasteiger charge is -2.05. The summed E-state index contributed by atoms with van der Waals surface area (Å²) in [6.45, 7) is 4.89. The van der Waals surface area contributed by atoms with Crippen LogP contribution in [0, 0.1) is 0 Å². The molecule has 0 unspecified atom stereocenters. The van der Waals surface area contributed by atoms with Crippen molar-refractivity contribution >= 4 is 5.96 Å². The maximum atomic E-state index is 5.41. The molecule has 4 nitrogen and oxygen atoms in total. The molecular weight excluding hydrogens is 188 g/mol. The van der Waals surface area contributed by atoms with Crippen LogP contribution in [0.2, 0.25) is 0 Å². The molecule has 0 heterocycles. The molecule has 1 aromatic rings. The maximum absolute atomic E-state index is 5.41. The monoisotopic (exact) mass is 206 g/mol. The maximum Gasteiger partial charge on any atom is 0.203 e. The summed E-state index contributed by atoms with van der Waals surface area (Å²) >= 11 is 0. The van der Waals surface area contributed by atoms with Gasteiger partial charge in [0, 0.05) is 0 Å². The minimum atomic E-state index is 0.253. The van der Waals surface area contributed by atoms with Crippen molar-refractivity contribution < 1.29 is 0 Å². The van der Waals surface area contributed by atoms with Gasteiger partial charge >= 0.3 is 0 Å². The summed E-state index contributed by atoms with van der Waals surface area (Å²) in [5.41, 5.74) is 10.2. The third-order valence-electron chi connectivity index (χ3n) is 2.23. The van der Waals surface area contributed by atoms with E-state index in [1.165, 1.54) is 5.56 Å². The Bertz CT molecular complexity index is 327. The standard InChI is InChI=1S/C11H18N4/c1-8(2)10-5-3-9(4-6-10)7-14-11(12)15-13/h3-6,8H,7,13H2,1-2H3,(H3,12,14,15). The Morgan fingerprint density at radius 2 is 1.93 bits per heavy atom. The van der Waals surface area contributed by atoms with Crippen molar-refractivity contribution in [3.63, 3.8) is 0 Å². The first-order chi connectivity index (χ1) is 7.13. The molecule has 0 saturated carbocycles. The van der Waals surface area contributed by atoms with Gasteiger partial charge in [0.25, 0.3) is 0 Å². The lowest BCUT2D eigenvalue weighted by Crippen LogP contribution is -2.37. The van der Waals surface area contributed by atoms with Crippen molar-refractivity contribution in [3.05, 3.63) is 35.4 Å². The third-order valence-corrected chi connectivity index (χ3v) is 2.23. The Labute approximate surface area is 90.4 Å². The molecule has 0 aromatic heterocycles. The predicted octanol–water partition coefficient (Wildman–Crippen LogP) is 1.09. The fourth-order valence-corrected chi connectivity index (χ4v) is 1.23. The Hall–Kier alpha value is -1.55. The molecular formula is C11H18N4. The number of aliphatic imine (C=N–C) groups is 1. The van der Waals surface area contributed by atoms with Crippen LogP contribution < -0.4 is 17.0 Å². The summed E-state index contributed by atoms with van der Waals surface area (Å²) in [6.07, 6.45) is 0. The largest absolute Gasteiger partial charge is 0.369 e. The zero-order valence-electron chi connectivity index (χ0n) is 9.20. The lowest BCUT2D eigenvalue weighted by atomic mass is 10.0. The van der Waals surface area contributed by atoms with Crippen LogP contribution in [0.5, 0.6) is 0 Å². The van der Waals surface area contributed by atoms with Crippen LogP contribution in [0.15, 0.2) is 29.3 Å². The van der Waals surface area contributed by atoms with Crippen LogP contribution >= 0.6 is 0 Å². The van der Waals surface area contributed by atoms with E-state index in [4.69, 9.17) is 11.6 Å². The molecule has 0 aliphatic carbocycles. The number of nitrogens with one attached hydrogen (secondary N) is 1. The Balaban J connectivity index is 2.65. The van der Waals surface area contributed by atoms with E-state index in [2.05, 4.69) is 48.5 Å². The van der Waals surface area contributed by atoms with Gasteiger partial charge in [-0.3, -0.25) is 5.43 Å². The highest BCUT2D eigenvalue weighted by Gasteiger charge is 1.98. The van der Waals surface area contributed by atoms with E-state index in [0.717, 1.165) is 5.56 Å². The molecule has 82 valence electrons. The molecule has 5 N–H and O–H groups in total. The van der Waals surface area contributed by atoms with Crippen LogP contribution in [-0.2, 0) is 6.54 Å². The van der Waals surface area contributed by atoms with Gasteiger partial charge in [0.05, 0.1) is 6.54 Å². The minimum Gasteiger partial charge on any atom is -0.369 e. The second-order valence-corrected chi connectivity index (χ2v) is 3.74. The molecule has 15 heavy (non-hydrogen) atoms. The number of nitrogens with zero attached hydrogens (tertiary/aromatic N) is 1. The fraction of sp³-hybridized carbons (Fsp3) is 0.364. The first-order valence-corrected chi connectivity index (χ1v) is 4.99. The highest BCUT2D eigenvalue weighted by Crippen LogP contribution is 2.14. The molecule has 0 bridgehead atoms. The Morgan fingerprint density at radius 1 is 1.33 bits per heavy atom. The van der Waals surface area contributed by atoms with Gasteiger partial charge in [0.15, 0.2) is 0 Å². The molecule has 0 atom stereocenters. The smallest absolute Gasteiger partial charge is 0.203 e. The van der Waals surface area contributed by atoms with E-state index in [-0.39, 0.29) is 5.96 Å². The van der Waals surface area contributed by atoms with E-state index in [0.29, 0.717) is 12.5 Å². The van der Waals surface area contributed by atoms with Crippen molar-refractivity contribution in [2.24, 2.45) is 16.6 Å². The number of rotatable bonds is 3. The van der Waals surface area contributed by atoms with Crippen molar-refractivity contribution in [1.82, 2.24) is 5.43 Å². The summed E-state index contributed by atoms with van der Waals surface area (Å²) < 4.78 is 0. The molecule has 0 fully saturated rings. The van der Waals surface area contributed by atoms with Gasteiger partial charge in [-0.1, -0.05) is 38.1 Å². The van der Waals surface area contributed by atoms with E-state index < -0.39 is 0 Å². The van der Waals surface area contributed by atoms with Crippen LogP contribution in [0.1, 0.15) is 30.9 Å². The molecule has 4 heteroatoms. The highest BCUT2D eigenvalue weighted by molar-refractivity contribution is 5.77. The van der Waals surface area contributed by atoms with Gasteiger partial charge in [0.2, 0.25) is 5.96 Å². The lowest BCUT2D eigenvalue weighted by molar-refractivity contribution is 0.864. The van der Waals surface area contributed by atoms with Crippen LogP contribution in [0.3, 0.4) is 0 Å². The van der Waals surface area contributed by atoms with E-state index >= 15 is 0 Å². The van der Waals surface area contributed by atoms with Gasteiger partial charge in [-0.2, -0.15) is 0 Å². The second kappa shape index (κ2) is 5.36. The second-order valence-electron chi connectivity index (χ2n) is 3.74. The highest BCUT2D eigenvalue weighted by atomic mass is 15.3. The normalized spacial score (nSPS) is 11.9. The number of guanidine groups is 1. The SMILES string of the molecule is CC(C)c1ccc(CN=C(N)NN)cc1. The van der Waals surface area contributed by atoms with Gasteiger partial charge in [-0.25, -0.2) is 10.8 Å². The molecule has 0 aliphatic heterocycles. The summed E-state index contributed by atoms with van der Waals surface area (Å²) in [4.78, 5) is 4.05. The molecule has 0 aliphatic rings. The predicted molar refractivity (Wildman–Crippen MR) is 63.2 cm³/mol. The van der Waals surface area contributed by atoms with E-state index in [9.17, 15) is 0 Å². The molecule has 0 saturated heterocycles. The third kappa shape index (κ3) is 3.59. The van der Waals surface area contributed by atoms with E-state index in [1.54, 1.807) is 0 Å². The first kappa shape index (κ1) is 11.5. The number of hydrazine groups is 1. The molecule has 0 radical (unpaired) electrons. The summed E-state index contributed by atoms with van der Waals surface area (Å²) in [5.74, 6) is 5.90. The van der Waals surface area contributed by atoms with Crippen molar-refractivity contribution in [2.45, 2.75) is 26.3 Å². The quantitative estimate of drug-likeness (QED) is 0.300. The topological polar surface area (TPSA) is 76.4 Å². The fourth-order valence-electron chi connectivity index (χ4n) is 1.23. The Morgan fingerprint density at radius 3 is 2.40 bits per heavy atom. The van der Waals surface area contributed by atoms with Crippen molar-refractivity contribution in [2.75, 3.05) is 0 Å². The van der Waals surface area contributed by atoms with E-state index in [1.807, 2.05) is 0 Å². The summed E-state index contributed by atoms with van der Waals surface area (Å²) in [5, 5.41) is 0. The summed E-state index contributed by atoms with van der Waals surface area (Å²) in [6, 6.07) is 8.34. The molecule has 1 aromatic carbocycles. The zero-order chi connectivity index (χ0) is 11.3. The zero-order valence-corrected chi connectivity index (χ0v) is 9.20. The molecule has 0 amide bonds. The number of benzene rings is 1. The van der Waals surface area contributed by atoms with Crippen molar-refractivity contribution in [1.29, 1.82) is 0 Å². The first-order valence-electron chi connectivity index (χ1n) is 4.99. The van der Waals surface area contributed by atoms with Crippen LogP contribution in [0.4, 0.5) is 0 Å². The van der Waals surface area contributed by atoms with Gasteiger partial charge in [-0.05, 0) is 17.0 Å². The number of hydrogen-bond donors (Lipinski definition) is 3. The number of nitrogens with two attached hydrogens (primary N) is 2. The van der Waals surface area contributed by atoms with Gasteiger partial charge < -0.3 is 5.73 Å². The average Bonchev–Trinajstić information content (AvgIpc) is 2.26. The average molecular weight is 206 g/mol. The number of hydrogen-bond acceptors (Lipinski definition) is 2. The Kier molecular flexibility index (Phi) is 4.12. The van der Waals surface area contributed by atoms with Crippen LogP contribution in [0.25, 0.3) is 0 Å². The summed E-state index contributed by atoms with van der Waals surface area (Å²) in [7, 11) is 0. The van der Waals surface area contributed by atoms with Gasteiger partial charge in [0.1, 0.15) is 0 Å². The van der Waals surface area contributed by atoms with Crippen molar-refractivity contribution in [3.8, 4) is 0 Å². The van der Waals surface area contributed by atoms with Crippen LogP contribution in [-0.4, -0.2) is 5.96 Å².